The predicted octanol–water partition coefficient (Wildman–Crippen LogP) is 2.18. The largest absolute Gasteiger partial charge is 0.477 e. The van der Waals surface area contributed by atoms with Crippen LogP contribution < -0.4 is 20.5 Å². The number of ether oxygens (including phenoxy) is 1. The lowest BCUT2D eigenvalue weighted by atomic mass is 10.1. The lowest BCUT2D eigenvalue weighted by molar-refractivity contribution is -0.127. The van der Waals surface area contributed by atoms with E-state index in [-0.39, 0.29) is 17.0 Å². The number of furan rings is 1. The van der Waals surface area contributed by atoms with Gasteiger partial charge in [-0.2, -0.15) is 0 Å². The second-order valence-electron chi connectivity index (χ2n) is 6.86. The molecule has 0 aliphatic carbocycles. The van der Waals surface area contributed by atoms with E-state index in [1.807, 2.05) is 53.4 Å². The van der Waals surface area contributed by atoms with Gasteiger partial charge in [-0.3, -0.25) is 9.59 Å². The van der Waals surface area contributed by atoms with Crippen molar-refractivity contribution < 1.29 is 13.9 Å². The molecule has 3 heterocycles. The van der Waals surface area contributed by atoms with E-state index in [0.29, 0.717) is 35.8 Å². The molecule has 1 atom stereocenters. The highest BCUT2D eigenvalue weighted by Gasteiger charge is 2.30. The summed E-state index contributed by atoms with van der Waals surface area (Å²) in [4.78, 5) is 34.2. The zero-order chi connectivity index (χ0) is 20.0. The van der Waals surface area contributed by atoms with Crippen LogP contribution >= 0.6 is 0 Å². The average molecular weight is 390 g/mol. The van der Waals surface area contributed by atoms with Gasteiger partial charge in [-0.05, 0) is 24.3 Å². The van der Waals surface area contributed by atoms with Crippen molar-refractivity contribution in [3.8, 4) is 5.75 Å². The summed E-state index contributed by atoms with van der Waals surface area (Å²) in [6.07, 6.45) is -0.653. The Bertz CT molecular complexity index is 1290. The van der Waals surface area contributed by atoms with E-state index >= 15 is 0 Å². The van der Waals surface area contributed by atoms with E-state index in [0.717, 1.165) is 11.1 Å². The maximum atomic E-state index is 12.6. The zero-order valence-electron chi connectivity index (χ0n) is 15.6. The fourth-order valence-corrected chi connectivity index (χ4v) is 3.66. The molecule has 8 nitrogen and oxygen atoms in total. The molecule has 1 aliphatic rings. The summed E-state index contributed by atoms with van der Waals surface area (Å²) in [5, 5.41) is 3.42. The number of likely N-dealkylation sites (N-methyl/N-ethyl adjacent to an activating group) is 1. The lowest BCUT2D eigenvalue weighted by Crippen LogP contribution is -2.48. The Morgan fingerprint density at radius 1 is 1.24 bits per heavy atom. The number of rotatable bonds is 3. The first kappa shape index (κ1) is 17.3. The summed E-state index contributed by atoms with van der Waals surface area (Å²) >= 11 is 0. The van der Waals surface area contributed by atoms with Crippen LogP contribution in [0.5, 0.6) is 5.75 Å². The second-order valence-corrected chi connectivity index (χ2v) is 6.86. The van der Waals surface area contributed by atoms with Crippen molar-refractivity contribution in [3.63, 3.8) is 0 Å². The Labute approximate surface area is 165 Å². The number of nitrogens with one attached hydrogen (secondary N) is 2. The summed E-state index contributed by atoms with van der Waals surface area (Å²) < 4.78 is 11.5. The van der Waals surface area contributed by atoms with Crippen LogP contribution in [-0.2, 0) is 11.3 Å². The van der Waals surface area contributed by atoms with Crippen molar-refractivity contribution in [2.24, 2.45) is 0 Å². The third kappa shape index (κ3) is 2.89. The molecule has 29 heavy (non-hydrogen) atoms. The van der Waals surface area contributed by atoms with Crippen LogP contribution in [0, 0.1) is 0 Å². The Morgan fingerprint density at radius 2 is 2.03 bits per heavy atom. The number of hydrogen-bond acceptors (Lipinski definition) is 6. The standard InChI is InChI=1S/C21H18N4O4/c1-22-20(26)16-10-25(13-7-3-5-9-15(13)28-16)11-17-23-18-12-6-2-4-8-14(12)29-19(18)21(27)24-17/h2-9,16H,10-11H2,1H3,(H,22,26)(H,23,24,27)/t16-/m0/s1. The van der Waals surface area contributed by atoms with E-state index in [1.54, 1.807) is 7.05 Å². The van der Waals surface area contributed by atoms with Gasteiger partial charge >= 0.3 is 0 Å². The number of para-hydroxylation sites is 3. The van der Waals surface area contributed by atoms with Crippen molar-refractivity contribution in [1.29, 1.82) is 0 Å². The summed E-state index contributed by atoms with van der Waals surface area (Å²) in [5.41, 5.74) is 1.87. The van der Waals surface area contributed by atoms with E-state index in [9.17, 15) is 9.59 Å². The molecule has 0 bridgehead atoms. The van der Waals surface area contributed by atoms with Crippen LogP contribution in [0.3, 0.4) is 0 Å². The monoisotopic (exact) mass is 390 g/mol. The minimum atomic E-state index is -0.653. The van der Waals surface area contributed by atoms with Gasteiger partial charge in [0.15, 0.2) is 6.10 Å². The smallest absolute Gasteiger partial charge is 0.294 e. The number of benzene rings is 2. The molecule has 5 rings (SSSR count). The molecule has 0 saturated carbocycles. The Balaban J connectivity index is 1.56. The summed E-state index contributed by atoms with van der Waals surface area (Å²) in [6.45, 7) is 0.656. The van der Waals surface area contributed by atoms with Crippen LogP contribution in [0.15, 0.2) is 57.7 Å². The third-order valence-electron chi connectivity index (χ3n) is 5.02. The molecule has 2 aromatic carbocycles. The minimum absolute atomic E-state index is 0.206. The Morgan fingerprint density at radius 3 is 2.90 bits per heavy atom. The Hall–Kier alpha value is -3.81. The number of H-pyrrole nitrogens is 1. The number of fused-ring (bicyclic) bond motifs is 4. The normalized spacial score (nSPS) is 15.9. The van der Waals surface area contributed by atoms with Crippen molar-refractivity contribution in [3.05, 3.63) is 64.7 Å². The highest BCUT2D eigenvalue weighted by atomic mass is 16.5. The van der Waals surface area contributed by atoms with Crippen molar-refractivity contribution >= 4 is 33.7 Å². The van der Waals surface area contributed by atoms with Crippen LogP contribution in [0.25, 0.3) is 22.1 Å². The molecular formula is C21H18N4O4. The first-order valence-electron chi connectivity index (χ1n) is 9.26. The SMILES string of the molecule is CNC(=O)[C@@H]1CN(Cc2nc3c(oc4ccccc43)c(=O)[nH]2)c2ccccc2O1. The van der Waals surface area contributed by atoms with Crippen molar-refractivity contribution in [1.82, 2.24) is 15.3 Å². The Kier molecular flexibility index (Phi) is 3.97. The fraction of sp³-hybridized carbons (Fsp3) is 0.190. The number of aromatic amines is 1. The van der Waals surface area contributed by atoms with Crippen LogP contribution in [-0.4, -0.2) is 35.6 Å². The van der Waals surface area contributed by atoms with Gasteiger partial charge in [-0.1, -0.05) is 24.3 Å². The second kappa shape index (κ2) is 6.66. The van der Waals surface area contributed by atoms with E-state index in [4.69, 9.17) is 9.15 Å². The number of hydrogen-bond donors (Lipinski definition) is 2. The summed E-state index contributed by atoms with van der Waals surface area (Å²) in [6, 6.07) is 14.9. The quantitative estimate of drug-likeness (QED) is 0.556. The lowest BCUT2D eigenvalue weighted by Gasteiger charge is -2.35. The van der Waals surface area contributed by atoms with Gasteiger partial charge < -0.3 is 24.4 Å². The number of aromatic nitrogens is 2. The first-order chi connectivity index (χ1) is 14.1. The molecule has 8 heteroatoms. The molecule has 0 fully saturated rings. The average Bonchev–Trinajstić information content (AvgIpc) is 3.12. The van der Waals surface area contributed by atoms with Crippen molar-refractivity contribution in [2.45, 2.75) is 12.6 Å². The first-order valence-corrected chi connectivity index (χ1v) is 9.26. The molecule has 0 saturated heterocycles. The van der Waals surface area contributed by atoms with Crippen molar-refractivity contribution in [2.75, 3.05) is 18.5 Å². The number of carbonyl (C=O) groups is 1. The topological polar surface area (TPSA) is 100 Å². The van der Waals surface area contributed by atoms with E-state index in [1.165, 1.54) is 0 Å². The van der Waals surface area contributed by atoms with Gasteiger partial charge in [-0.15, -0.1) is 0 Å². The zero-order valence-corrected chi connectivity index (χ0v) is 15.6. The molecule has 0 spiro atoms. The molecular weight excluding hydrogens is 372 g/mol. The fourth-order valence-electron chi connectivity index (χ4n) is 3.66. The molecule has 2 N–H and O–H groups in total. The minimum Gasteiger partial charge on any atom is -0.477 e. The number of amides is 1. The van der Waals surface area contributed by atoms with Crippen LogP contribution in [0.4, 0.5) is 5.69 Å². The number of carbonyl (C=O) groups excluding carboxylic acids is 1. The molecule has 4 aromatic rings. The highest BCUT2D eigenvalue weighted by Crippen LogP contribution is 2.34. The molecule has 0 radical (unpaired) electrons. The third-order valence-corrected chi connectivity index (χ3v) is 5.02. The van der Waals surface area contributed by atoms with Gasteiger partial charge in [-0.25, -0.2) is 4.98 Å². The maximum Gasteiger partial charge on any atom is 0.294 e. The molecule has 146 valence electrons. The van der Waals surface area contributed by atoms with Gasteiger partial charge in [0.1, 0.15) is 22.7 Å². The number of anilines is 1. The molecule has 1 aliphatic heterocycles. The highest BCUT2D eigenvalue weighted by molar-refractivity contribution is 6.01. The molecule has 0 unspecified atom stereocenters. The predicted molar refractivity (Wildman–Crippen MR) is 108 cm³/mol. The molecule has 2 aromatic heterocycles. The van der Waals surface area contributed by atoms with Gasteiger partial charge in [0.2, 0.25) is 5.58 Å². The molecule has 1 amide bonds. The van der Waals surface area contributed by atoms with Gasteiger partial charge in [0.05, 0.1) is 18.8 Å². The summed E-state index contributed by atoms with van der Waals surface area (Å²) in [5.74, 6) is 0.896. The van der Waals surface area contributed by atoms with Gasteiger partial charge in [0, 0.05) is 12.4 Å². The van der Waals surface area contributed by atoms with Crippen LogP contribution in [0.2, 0.25) is 0 Å². The maximum absolute atomic E-state index is 12.6. The summed E-state index contributed by atoms with van der Waals surface area (Å²) in [7, 11) is 1.58. The van der Waals surface area contributed by atoms with Gasteiger partial charge in [0.25, 0.3) is 11.5 Å². The number of nitrogens with zero attached hydrogens (tertiary/aromatic N) is 2. The van der Waals surface area contributed by atoms with E-state index in [2.05, 4.69) is 15.3 Å². The van der Waals surface area contributed by atoms with E-state index < -0.39 is 6.10 Å². The van der Waals surface area contributed by atoms with Crippen LogP contribution in [0.1, 0.15) is 5.82 Å².